The van der Waals surface area contributed by atoms with E-state index in [0.29, 0.717) is 17.1 Å². The molecule has 0 atom stereocenters. The van der Waals surface area contributed by atoms with Gasteiger partial charge in [-0.05, 0) is 66.7 Å². The zero-order chi connectivity index (χ0) is 22.8. The predicted molar refractivity (Wildman–Crippen MR) is 123 cm³/mol. The van der Waals surface area contributed by atoms with E-state index in [2.05, 4.69) is 11.4 Å². The zero-order valence-electron chi connectivity index (χ0n) is 17.2. The van der Waals surface area contributed by atoms with Crippen molar-refractivity contribution in [1.82, 2.24) is 0 Å². The number of allylic oxidation sites excluding steroid dienone is 1. The highest BCUT2D eigenvalue weighted by molar-refractivity contribution is 7.99. The molecule has 0 amide bonds. The third-order valence-electron chi connectivity index (χ3n) is 4.99. The number of ketones is 1. The molecule has 0 spiro atoms. The quantitative estimate of drug-likeness (QED) is 0.213. The molecule has 1 N–H and O–H groups in total. The Hall–Kier alpha value is -3.84. The Labute approximate surface area is 192 Å². The van der Waals surface area contributed by atoms with Gasteiger partial charge in [-0.3, -0.25) is 4.79 Å². The van der Waals surface area contributed by atoms with Crippen LogP contribution in [0.3, 0.4) is 0 Å². The molecule has 5 rings (SSSR count). The number of ether oxygens (including phenoxy) is 1. The molecule has 7 heteroatoms. The van der Waals surface area contributed by atoms with Crippen LogP contribution < -0.4 is 10.1 Å². The number of carbonyl (C=O) groups is 1. The summed E-state index contributed by atoms with van der Waals surface area (Å²) in [7, 11) is 0. The number of hydrogen-bond acceptors (Lipinski definition) is 5. The summed E-state index contributed by atoms with van der Waals surface area (Å²) in [5.74, 6) is -0.781. The summed E-state index contributed by atoms with van der Waals surface area (Å²) in [5, 5.41) is 3.37. The van der Waals surface area contributed by atoms with Crippen molar-refractivity contribution in [1.29, 1.82) is 0 Å². The molecule has 33 heavy (non-hydrogen) atoms. The van der Waals surface area contributed by atoms with Crippen LogP contribution in [0, 0.1) is 11.6 Å². The van der Waals surface area contributed by atoms with Gasteiger partial charge in [-0.2, -0.15) is 0 Å². The van der Waals surface area contributed by atoms with E-state index >= 15 is 0 Å². The molecule has 0 radical (unpaired) electrons. The molecule has 1 aliphatic heterocycles. The average molecular weight is 461 g/mol. The van der Waals surface area contributed by atoms with Crippen molar-refractivity contribution >= 4 is 35.0 Å². The summed E-state index contributed by atoms with van der Waals surface area (Å²) in [5.41, 5.74) is 2.46. The molecule has 2 heterocycles. The van der Waals surface area contributed by atoms with Crippen molar-refractivity contribution in [2.45, 2.75) is 16.4 Å². The van der Waals surface area contributed by atoms with Gasteiger partial charge in [0, 0.05) is 21.4 Å². The van der Waals surface area contributed by atoms with Crippen LogP contribution in [0.15, 0.2) is 93.1 Å². The topological polar surface area (TPSA) is 51.5 Å². The monoisotopic (exact) mass is 461 g/mol. The summed E-state index contributed by atoms with van der Waals surface area (Å²) >= 11 is 1.66. The first-order valence-corrected chi connectivity index (χ1v) is 10.9. The van der Waals surface area contributed by atoms with Crippen LogP contribution in [-0.4, -0.2) is 5.78 Å². The number of benzene rings is 3. The van der Waals surface area contributed by atoms with Crippen LogP contribution in [0.1, 0.15) is 21.9 Å². The smallest absolute Gasteiger partial charge is 0.186 e. The second kappa shape index (κ2) is 8.96. The number of hydrogen-bond donors (Lipinski definition) is 1. The lowest BCUT2D eigenvalue weighted by atomic mass is 10.1. The minimum Gasteiger partial charge on any atom is -0.483 e. The Morgan fingerprint density at radius 3 is 2.70 bits per heavy atom. The number of halogens is 2. The molecule has 4 nitrogen and oxygen atoms in total. The maximum absolute atomic E-state index is 13.7. The fraction of sp³-hybridized carbons (Fsp3) is 0.0385. The van der Waals surface area contributed by atoms with Crippen LogP contribution >= 0.6 is 11.8 Å². The molecule has 0 saturated carbocycles. The van der Waals surface area contributed by atoms with Crippen molar-refractivity contribution in [2.24, 2.45) is 0 Å². The summed E-state index contributed by atoms with van der Waals surface area (Å²) < 4.78 is 37.6. The summed E-state index contributed by atoms with van der Waals surface area (Å²) in [6, 6.07) is 20.0. The van der Waals surface area contributed by atoms with Gasteiger partial charge in [0.2, 0.25) is 0 Å². The van der Waals surface area contributed by atoms with Crippen molar-refractivity contribution in [3.63, 3.8) is 0 Å². The van der Waals surface area contributed by atoms with Gasteiger partial charge in [0.1, 0.15) is 23.9 Å². The molecule has 0 fully saturated rings. The van der Waals surface area contributed by atoms with Crippen molar-refractivity contribution in [3.8, 4) is 5.75 Å². The lowest BCUT2D eigenvalue weighted by Gasteiger charge is -2.20. The zero-order valence-corrected chi connectivity index (χ0v) is 18.0. The maximum atomic E-state index is 13.7. The number of rotatable bonds is 6. The molecule has 164 valence electrons. The van der Waals surface area contributed by atoms with Crippen molar-refractivity contribution < 1.29 is 22.7 Å². The van der Waals surface area contributed by atoms with Crippen LogP contribution in [0.5, 0.6) is 5.75 Å². The molecular formula is C26H17F2NO3S. The molecule has 0 aliphatic carbocycles. The number of fused-ring (bicyclic) bond motifs is 2. The normalized spacial score (nSPS) is 12.2. The summed E-state index contributed by atoms with van der Waals surface area (Å²) in [6.45, 7) is -0.0278. The van der Waals surface area contributed by atoms with E-state index in [1.54, 1.807) is 36.0 Å². The third kappa shape index (κ3) is 4.68. The van der Waals surface area contributed by atoms with Crippen molar-refractivity contribution in [2.75, 3.05) is 5.32 Å². The highest BCUT2D eigenvalue weighted by Crippen LogP contribution is 2.44. The predicted octanol–water partition coefficient (Wildman–Crippen LogP) is 7.24. The Bertz CT molecular complexity index is 1380. The standard InChI is InChI=1S/C26H17F2NO3S/c27-17-6-11-24(20(28)14-17)31-15-19-8-7-18(32-19)9-10-23(30)16-5-12-26-22(13-16)29-21-3-1-2-4-25(21)33-26/h1-14,29H,15H2/b10-9+. The van der Waals surface area contributed by atoms with Gasteiger partial charge in [0.15, 0.2) is 17.3 Å². The average Bonchev–Trinajstić information content (AvgIpc) is 3.28. The number of para-hydroxylation sites is 1. The van der Waals surface area contributed by atoms with Crippen LogP contribution in [0.25, 0.3) is 6.08 Å². The lowest BCUT2D eigenvalue weighted by molar-refractivity contribution is 0.104. The van der Waals surface area contributed by atoms with E-state index in [-0.39, 0.29) is 18.1 Å². The fourth-order valence-corrected chi connectivity index (χ4v) is 4.32. The van der Waals surface area contributed by atoms with Crippen LogP contribution in [0.4, 0.5) is 20.2 Å². The molecule has 1 aliphatic rings. The van der Waals surface area contributed by atoms with E-state index < -0.39 is 11.6 Å². The van der Waals surface area contributed by atoms with Gasteiger partial charge in [-0.1, -0.05) is 23.9 Å². The highest BCUT2D eigenvalue weighted by Gasteiger charge is 2.16. The lowest BCUT2D eigenvalue weighted by Crippen LogP contribution is -2.02. The third-order valence-corrected chi connectivity index (χ3v) is 6.14. The highest BCUT2D eigenvalue weighted by atomic mass is 32.2. The van der Waals surface area contributed by atoms with Gasteiger partial charge in [0.25, 0.3) is 0 Å². The summed E-state index contributed by atoms with van der Waals surface area (Å²) in [6.07, 6.45) is 3.01. The minimum absolute atomic E-state index is 0.0278. The first-order chi connectivity index (χ1) is 16.0. The van der Waals surface area contributed by atoms with Crippen LogP contribution in [0.2, 0.25) is 0 Å². The second-order valence-electron chi connectivity index (χ2n) is 7.30. The van der Waals surface area contributed by atoms with E-state index in [4.69, 9.17) is 9.15 Å². The number of anilines is 2. The molecule has 0 bridgehead atoms. The SMILES string of the molecule is O=C(/C=C/c1ccc(COc2ccc(F)cc2F)o1)c1ccc2c(c1)Nc1ccccc1S2. The van der Waals surface area contributed by atoms with E-state index in [0.717, 1.165) is 33.3 Å². The second-order valence-corrected chi connectivity index (χ2v) is 8.38. The Morgan fingerprint density at radius 2 is 1.82 bits per heavy atom. The minimum atomic E-state index is -0.784. The first-order valence-electron chi connectivity index (χ1n) is 10.1. The Kier molecular flexibility index (Phi) is 5.71. The van der Waals surface area contributed by atoms with Gasteiger partial charge < -0.3 is 14.5 Å². The molecule has 0 unspecified atom stereocenters. The Morgan fingerprint density at radius 1 is 0.970 bits per heavy atom. The maximum Gasteiger partial charge on any atom is 0.186 e. The van der Waals surface area contributed by atoms with Gasteiger partial charge in [-0.25, -0.2) is 8.78 Å². The van der Waals surface area contributed by atoms with Gasteiger partial charge in [0.05, 0.1) is 11.4 Å². The van der Waals surface area contributed by atoms with Crippen molar-refractivity contribution in [3.05, 3.63) is 108 Å². The number of carbonyl (C=O) groups excluding carboxylic acids is 1. The fourth-order valence-electron chi connectivity index (χ4n) is 3.35. The molecule has 4 aromatic rings. The number of nitrogens with one attached hydrogen (secondary N) is 1. The van der Waals surface area contributed by atoms with E-state index in [9.17, 15) is 13.6 Å². The molecule has 3 aromatic carbocycles. The number of furan rings is 1. The Balaban J connectivity index is 1.23. The van der Waals surface area contributed by atoms with Gasteiger partial charge >= 0.3 is 0 Å². The van der Waals surface area contributed by atoms with E-state index in [1.807, 2.05) is 30.3 Å². The molecule has 1 aromatic heterocycles. The van der Waals surface area contributed by atoms with Crippen LogP contribution in [-0.2, 0) is 6.61 Å². The van der Waals surface area contributed by atoms with Gasteiger partial charge in [-0.15, -0.1) is 0 Å². The molecule has 0 saturated heterocycles. The first kappa shape index (κ1) is 21.0. The molecular weight excluding hydrogens is 444 g/mol. The largest absolute Gasteiger partial charge is 0.483 e. The summed E-state index contributed by atoms with van der Waals surface area (Å²) in [4.78, 5) is 14.9. The van der Waals surface area contributed by atoms with E-state index in [1.165, 1.54) is 12.1 Å².